The summed E-state index contributed by atoms with van der Waals surface area (Å²) in [6.07, 6.45) is 0. The second kappa shape index (κ2) is 6.72. The number of rotatable bonds is 0. The molecule has 0 atom stereocenters. The molecular formula is C14H14BrCl. The van der Waals surface area contributed by atoms with Crippen LogP contribution in [0.5, 0.6) is 0 Å². The molecule has 2 rings (SSSR count). The Hall–Kier alpha value is -0.790. The molecule has 0 aromatic heterocycles. The average Bonchev–Trinajstić information content (AvgIpc) is 2.28. The molecule has 2 heteroatoms. The molecule has 0 saturated heterocycles. The summed E-state index contributed by atoms with van der Waals surface area (Å²) in [5, 5.41) is 0.801. The van der Waals surface area contributed by atoms with E-state index in [1.165, 1.54) is 11.1 Å². The second-order valence-corrected chi connectivity index (χ2v) is 4.94. The Labute approximate surface area is 110 Å². The Morgan fingerprint density at radius 1 is 0.750 bits per heavy atom. The molecule has 16 heavy (non-hydrogen) atoms. The van der Waals surface area contributed by atoms with Gasteiger partial charge in [0.2, 0.25) is 0 Å². The first kappa shape index (κ1) is 13.3. The minimum absolute atomic E-state index is 0.801. The van der Waals surface area contributed by atoms with Crippen molar-refractivity contribution < 1.29 is 0 Å². The molecule has 0 bridgehead atoms. The lowest BCUT2D eigenvalue weighted by atomic mass is 10.2. The number of hydrogen-bond donors (Lipinski definition) is 0. The van der Waals surface area contributed by atoms with Gasteiger partial charge in [0.05, 0.1) is 0 Å². The summed E-state index contributed by atoms with van der Waals surface area (Å²) < 4.78 is 1.14. The number of hydrogen-bond acceptors (Lipinski definition) is 0. The second-order valence-electron chi connectivity index (χ2n) is 3.59. The quantitative estimate of drug-likeness (QED) is 0.610. The van der Waals surface area contributed by atoms with Crippen molar-refractivity contribution >= 4 is 27.5 Å². The van der Waals surface area contributed by atoms with Crippen LogP contribution in [0.4, 0.5) is 0 Å². The fourth-order valence-corrected chi connectivity index (χ4v) is 1.46. The number of benzene rings is 2. The van der Waals surface area contributed by atoms with E-state index in [0.717, 1.165) is 9.50 Å². The Morgan fingerprint density at radius 2 is 1.12 bits per heavy atom. The van der Waals surface area contributed by atoms with Gasteiger partial charge in [-0.1, -0.05) is 62.9 Å². The van der Waals surface area contributed by atoms with Gasteiger partial charge in [0.25, 0.3) is 0 Å². The van der Waals surface area contributed by atoms with E-state index in [1.807, 2.05) is 43.3 Å². The van der Waals surface area contributed by atoms with Gasteiger partial charge in [0.15, 0.2) is 0 Å². The fraction of sp³-hybridized carbons (Fsp3) is 0.143. The van der Waals surface area contributed by atoms with Crippen LogP contribution in [0.2, 0.25) is 5.02 Å². The van der Waals surface area contributed by atoms with E-state index in [-0.39, 0.29) is 0 Å². The zero-order chi connectivity index (χ0) is 12.0. The van der Waals surface area contributed by atoms with Crippen LogP contribution in [0.25, 0.3) is 0 Å². The molecular weight excluding hydrogens is 284 g/mol. The third kappa shape index (κ3) is 5.34. The van der Waals surface area contributed by atoms with Gasteiger partial charge in [0.1, 0.15) is 0 Å². The third-order valence-electron chi connectivity index (χ3n) is 2.02. The fourth-order valence-electron chi connectivity index (χ4n) is 1.07. The maximum absolute atomic E-state index is 5.61. The number of halogens is 2. The molecule has 0 fully saturated rings. The monoisotopic (exact) mass is 296 g/mol. The smallest absolute Gasteiger partial charge is 0.0406 e. The predicted octanol–water partition coefficient (Wildman–Crippen LogP) is 5.41. The van der Waals surface area contributed by atoms with Crippen molar-refractivity contribution in [2.45, 2.75) is 13.8 Å². The molecule has 0 spiro atoms. The van der Waals surface area contributed by atoms with Crippen LogP contribution < -0.4 is 0 Å². The third-order valence-corrected chi connectivity index (χ3v) is 2.80. The van der Waals surface area contributed by atoms with Gasteiger partial charge in [-0.15, -0.1) is 0 Å². The first-order valence-corrected chi connectivity index (χ1v) is 6.19. The molecule has 0 aliphatic heterocycles. The summed E-state index contributed by atoms with van der Waals surface area (Å²) in [6, 6.07) is 16.0. The van der Waals surface area contributed by atoms with E-state index in [9.17, 15) is 0 Å². The molecule has 2 aromatic carbocycles. The van der Waals surface area contributed by atoms with Crippen molar-refractivity contribution in [3.63, 3.8) is 0 Å². The van der Waals surface area contributed by atoms with Crippen molar-refractivity contribution in [2.24, 2.45) is 0 Å². The molecule has 0 aliphatic carbocycles. The highest BCUT2D eigenvalue weighted by atomic mass is 79.9. The zero-order valence-electron chi connectivity index (χ0n) is 9.37. The molecule has 0 radical (unpaired) electrons. The van der Waals surface area contributed by atoms with Crippen LogP contribution >= 0.6 is 27.5 Å². The van der Waals surface area contributed by atoms with E-state index in [4.69, 9.17) is 11.6 Å². The van der Waals surface area contributed by atoms with Gasteiger partial charge in [0, 0.05) is 9.50 Å². The highest BCUT2D eigenvalue weighted by Gasteiger charge is 1.82. The van der Waals surface area contributed by atoms with Gasteiger partial charge in [-0.05, 0) is 38.1 Å². The maximum atomic E-state index is 5.61. The molecule has 0 unspecified atom stereocenters. The van der Waals surface area contributed by atoms with E-state index >= 15 is 0 Å². The van der Waals surface area contributed by atoms with Crippen molar-refractivity contribution in [3.05, 3.63) is 69.2 Å². The van der Waals surface area contributed by atoms with Crippen LogP contribution in [0.1, 0.15) is 11.1 Å². The SMILES string of the molecule is Cc1ccc(Br)cc1.Cc1ccc(Cl)cc1. The standard InChI is InChI=1S/C7H7Br.C7H7Cl/c2*1-6-2-4-7(8)5-3-6/h2*2-5H,1H3. The van der Waals surface area contributed by atoms with Gasteiger partial charge in [-0.2, -0.15) is 0 Å². The van der Waals surface area contributed by atoms with Crippen molar-refractivity contribution in [1.29, 1.82) is 0 Å². The van der Waals surface area contributed by atoms with E-state index in [0.29, 0.717) is 0 Å². The molecule has 0 saturated carbocycles. The van der Waals surface area contributed by atoms with Crippen molar-refractivity contribution in [1.82, 2.24) is 0 Å². The van der Waals surface area contributed by atoms with Crippen LogP contribution in [0, 0.1) is 13.8 Å². The maximum Gasteiger partial charge on any atom is 0.0406 e. The summed E-state index contributed by atoms with van der Waals surface area (Å²) in [7, 11) is 0. The predicted molar refractivity (Wildman–Crippen MR) is 75.1 cm³/mol. The Kier molecular flexibility index (Phi) is 5.58. The normalized spacial score (nSPS) is 9.25. The average molecular weight is 298 g/mol. The summed E-state index contributed by atoms with van der Waals surface area (Å²) in [6.45, 7) is 4.11. The summed E-state index contributed by atoms with van der Waals surface area (Å²) in [5.74, 6) is 0. The molecule has 0 N–H and O–H groups in total. The Bertz CT molecular complexity index is 332. The Morgan fingerprint density at radius 3 is 1.44 bits per heavy atom. The Balaban J connectivity index is 0.000000160. The highest BCUT2D eigenvalue weighted by Crippen LogP contribution is 2.09. The van der Waals surface area contributed by atoms with Crippen molar-refractivity contribution in [3.8, 4) is 0 Å². The minimum atomic E-state index is 0.801. The molecule has 0 heterocycles. The summed E-state index contributed by atoms with van der Waals surface area (Å²) in [4.78, 5) is 0. The van der Waals surface area contributed by atoms with Crippen molar-refractivity contribution in [2.75, 3.05) is 0 Å². The molecule has 0 nitrogen and oxygen atoms in total. The van der Waals surface area contributed by atoms with Crippen LogP contribution in [-0.4, -0.2) is 0 Å². The summed E-state index contributed by atoms with van der Waals surface area (Å²) in [5.41, 5.74) is 2.54. The minimum Gasteiger partial charge on any atom is -0.0843 e. The van der Waals surface area contributed by atoms with Gasteiger partial charge >= 0.3 is 0 Å². The van der Waals surface area contributed by atoms with Crippen LogP contribution in [-0.2, 0) is 0 Å². The molecule has 0 aliphatic rings. The molecule has 2 aromatic rings. The lowest BCUT2D eigenvalue weighted by Crippen LogP contribution is -1.66. The lowest BCUT2D eigenvalue weighted by Gasteiger charge is -1.88. The largest absolute Gasteiger partial charge is 0.0843 e. The van der Waals surface area contributed by atoms with Gasteiger partial charge < -0.3 is 0 Å². The topological polar surface area (TPSA) is 0 Å². The number of aryl methyl sites for hydroxylation is 2. The first-order chi connectivity index (χ1) is 7.58. The summed E-state index contributed by atoms with van der Waals surface area (Å²) >= 11 is 8.96. The van der Waals surface area contributed by atoms with Gasteiger partial charge in [-0.25, -0.2) is 0 Å². The lowest BCUT2D eigenvalue weighted by molar-refractivity contribution is 1.46. The van der Waals surface area contributed by atoms with Crippen LogP contribution in [0.15, 0.2) is 53.0 Å². The highest BCUT2D eigenvalue weighted by molar-refractivity contribution is 9.10. The first-order valence-electron chi connectivity index (χ1n) is 5.02. The van der Waals surface area contributed by atoms with E-state index in [1.54, 1.807) is 0 Å². The zero-order valence-corrected chi connectivity index (χ0v) is 11.7. The van der Waals surface area contributed by atoms with Crippen LogP contribution in [0.3, 0.4) is 0 Å². The van der Waals surface area contributed by atoms with E-state index < -0.39 is 0 Å². The van der Waals surface area contributed by atoms with Gasteiger partial charge in [-0.3, -0.25) is 0 Å². The molecule has 0 amide bonds. The van der Waals surface area contributed by atoms with E-state index in [2.05, 4.69) is 35.0 Å². The molecule has 84 valence electrons.